The third-order valence-corrected chi connectivity index (χ3v) is 3.93. The Hall–Kier alpha value is -3.24. The maximum atomic E-state index is 12.6. The van der Waals surface area contributed by atoms with Gasteiger partial charge in [0.2, 0.25) is 5.91 Å². The monoisotopic (exact) mass is 392 g/mol. The molecule has 0 aromatic carbocycles. The highest BCUT2D eigenvalue weighted by Crippen LogP contribution is 2.18. The molecule has 152 valence electrons. The number of nitro groups is 1. The van der Waals surface area contributed by atoms with Gasteiger partial charge >= 0.3 is 11.8 Å². The lowest BCUT2D eigenvalue weighted by molar-refractivity contribution is -0.389. The Morgan fingerprint density at radius 3 is 2.54 bits per heavy atom. The van der Waals surface area contributed by atoms with E-state index in [0.29, 0.717) is 12.2 Å². The number of hydrogen-bond acceptors (Lipinski definition) is 7. The van der Waals surface area contributed by atoms with Gasteiger partial charge in [-0.3, -0.25) is 9.48 Å². The summed E-state index contributed by atoms with van der Waals surface area (Å²) in [6.45, 7) is 9.31. The van der Waals surface area contributed by atoms with E-state index in [1.807, 2.05) is 6.92 Å². The van der Waals surface area contributed by atoms with E-state index in [9.17, 15) is 19.7 Å². The molecular formula is C17H24N6O5. The number of carbonyl (C=O) groups excluding carboxylic acids is 2. The molecule has 11 heteroatoms. The molecule has 0 aliphatic rings. The summed E-state index contributed by atoms with van der Waals surface area (Å²) in [5.74, 6) is -1.82. The van der Waals surface area contributed by atoms with E-state index < -0.39 is 16.8 Å². The fourth-order valence-electron chi connectivity index (χ4n) is 2.46. The summed E-state index contributed by atoms with van der Waals surface area (Å²) in [6.07, 6.45) is 1.24. The number of nitrogens with one attached hydrogen (secondary N) is 1. The summed E-state index contributed by atoms with van der Waals surface area (Å²) < 4.78 is 8.10. The van der Waals surface area contributed by atoms with E-state index in [2.05, 4.69) is 15.5 Å². The number of esters is 1. The maximum Gasteiger partial charge on any atom is 0.390 e. The summed E-state index contributed by atoms with van der Waals surface area (Å²) >= 11 is 0. The average Bonchev–Trinajstić information content (AvgIpc) is 3.18. The van der Waals surface area contributed by atoms with E-state index in [1.54, 1.807) is 33.9 Å². The molecule has 1 unspecified atom stereocenters. The minimum absolute atomic E-state index is 0.0296. The first-order valence-corrected chi connectivity index (χ1v) is 8.90. The number of nitrogens with zero attached hydrogens (tertiary/aromatic N) is 5. The molecule has 2 heterocycles. The van der Waals surface area contributed by atoms with Crippen LogP contribution in [0.5, 0.6) is 0 Å². The Kier molecular flexibility index (Phi) is 6.49. The number of amides is 1. The van der Waals surface area contributed by atoms with Crippen LogP contribution in [-0.4, -0.2) is 42.5 Å². The standard InChI is InChI=1S/C17H24N6O5/c1-6-21-9-13(15(20-21)17(25)28-10(2)3)18-16(24)11(4)8-22-12(5)7-14(19-22)23(26)27/h7,9-11H,6,8H2,1-5H3,(H,18,24). The predicted molar refractivity (Wildman–Crippen MR) is 99.9 cm³/mol. The minimum atomic E-state index is -0.622. The van der Waals surface area contributed by atoms with Crippen LogP contribution in [0.3, 0.4) is 0 Å². The van der Waals surface area contributed by atoms with Gasteiger partial charge in [-0.05, 0) is 32.6 Å². The molecule has 0 bridgehead atoms. The van der Waals surface area contributed by atoms with Crippen LogP contribution < -0.4 is 5.32 Å². The molecule has 2 aromatic heterocycles. The molecule has 0 radical (unpaired) electrons. The van der Waals surface area contributed by atoms with Crippen LogP contribution in [0.1, 0.15) is 43.9 Å². The van der Waals surface area contributed by atoms with E-state index in [0.717, 1.165) is 0 Å². The first kappa shape index (κ1) is 21.1. The molecule has 2 aromatic rings. The zero-order chi connectivity index (χ0) is 21.0. The van der Waals surface area contributed by atoms with Crippen LogP contribution in [0.25, 0.3) is 0 Å². The number of ether oxygens (including phenoxy) is 1. The largest absolute Gasteiger partial charge is 0.458 e. The second-order valence-corrected chi connectivity index (χ2v) is 6.67. The summed E-state index contributed by atoms with van der Waals surface area (Å²) in [4.78, 5) is 35.1. The van der Waals surface area contributed by atoms with Crippen LogP contribution in [0, 0.1) is 23.0 Å². The van der Waals surface area contributed by atoms with Crippen LogP contribution in [0.4, 0.5) is 11.5 Å². The molecular weight excluding hydrogens is 368 g/mol. The lowest BCUT2D eigenvalue weighted by Crippen LogP contribution is -2.26. The zero-order valence-corrected chi connectivity index (χ0v) is 16.5. The SMILES string of the molecule is CCn1cc(NC(=O)C(C)Cn2nc([N+](=O)[O-])cc2C)c(C(=O)OC(C)C)n1. The topological polar surface area (TPSA) is 134 Å². The molecule has 0 fully saturated rings. The molecule has 1 atom stereocenters. The summed E-state index contributed by atoms with van der Waals surface area (Å²) in [7, 11) is 0. The number of aryl methyl sites for hydroxylation is 2. The first-order chi connectivity index (χ1) is 13.1. The van der Waals surface area contributed by atoms with Crippen LogP contribution >= 0.6 is 0 Å². The van der Waals surface area contributed by atoms with Crippen molar-refractivity contribution < 1.29 is 19.2 Å². The van der Waals surface area contributed by atoms with Gasteiger partial charge in [0.25, 0.3) is 0 Å². The van der Waals surface area contributed by atoms with Gasteiger partial charge in [-0.1, -0.05) is 6.92 Å². The molecule has 1 N–H and O–H groups in total. The van der Waals surface area contributed by atoms with Gasteiger partial charge in [-0.2, -0.15) is 9.78 Å². The molecule has 0 saturated heterocycles. The van der Waals surface area contributed by atoms with E-state index in [1.165, 1.54) is 15.4 Å². The summed E-state index contributed by atoms with van der Waals surface area (Å²) in [5, 5.41) is 21.6. The average molecular weight is 392 g/mol. The predicted octanol–water partition coefficient (Wildman–Crippen LogP) is 2.16. The molecule has 28 heavy (non-hydrogen) atoms. The second-order valence-electron chi connectivity index (χ2n) is 6.67. The van der Waals surface area contributed by atoms with Gasteiger partial charge < -0.3 is 20.2 Å². The van der Waals surface area contributed by atoms with Crippen LogP contribution in [0.15, 0.2) is 12.3 Å². The van der Waals surface area contributed by atoms with Crippen molar-refractivity contribution in [1.29, 1.82) is 0 Å². The van der Waals surface area contributed by atoms with Crippen molar-refractivity contribution in [1.82, 2.24) is 19.6 Å². The molecule has 0 aliphatic carbocycles. The molecule has 2 rings (SSSR count). The van der Waals surface area contributed by atoms with Crippen molar-refractivity contribution in [2.24, 2.45) is 5.92 Å². The highest BCUT2D eigenvalue weighted by molar-refractivity contribution is 6.00. The Bertz CT molecular complexity index is 885. The Morgan fingerprint density at radius 1 is 1.32 bits per heavy atom. The second kappa shape index (κ2) is 8.63. The van der Waals surface area contributed by atoms with Gasteiger partial charge in [0, 0.05) is 12.7 Å². The molecule has 1 amide bonds. The fraction of sp³-hybridized carbons (Fsp3) is 0.529. The number of aromatic nitrogens is 4. The normalized spacial score (nSPS) is 12.1. The Labute approximate surface area is 161 Å². The van der Waals surface area contributed by atoms with Gasteiger partial charge in [0.15, 0.2) is 5.69 Å². The summed E-state index contributed by atoms with van der Waals surface area (Å²) in [6, 6.07) is 1.34. The maximum absolute atomic E-state index is 12.6. The van der Waals surface area contributed by atoms with Gasteiger partial charge in [0.1, 0.15) is 0 Å². The van der Waals surface area contributed by atoms with E-state index >= 15 is 0 Å². The van der Waals surface area contributed by atoms with Crippen LogP contribution in [-0.2, 0) is 22.6 Å². The number of rotatable bonds is 8. The van der Waals surface area contributed by atoms with Crippen LogP contribution in [0.2, 0.25) is 0 Å². The van der Waals surface area contributed by atoms with Crippen molar-refractivity contribution >= 4 is 23.4 Å². The lowest BCUT2D eigenvalue weighted by Gasteiger charge is -2.12. The number of anilines is 1. The molecule has 0 spiro atoms. The highest BCUT2D eigenvalue weighted by atomic mass is 16.6. The fourth-order valence-corrected chi connectivity index (χ4v) is 2.46. The van der Waals surface area contributed by atoms with Gasteiger partial charge in [-0.25, -0.2) is 4.79 Å². The molecule has 0 aliphatic heterocycles. The highest BCUT2D eigenvalue weighted by Gasteiger charge is 2.24. The molecule has 11 nitrogen and oxygen atoms in total. The first-order valence-electron chi connectivity index (χ1n) is 8.90. The number of hydrogen-bond donors (Lipinski definition) is 1. The van der Waals surface area contributed by atoms with Gasteiger partial charge in [-0.15, -0.1) is 0 Å². The van der Waals surface area contributed by atoms with Crippen molar-refractivity contribution in [3.05, 3.63) is 33.8 Å². The third-order valence-electron chi connectivity index (χ3n) is 3.93. The molecule has 0 saturated carbocycles. The van der Waals surface area contributed by atoms with Crippen molar-refractivity contribution in [2.75, 3.05) is 5.32 Å². The zero-order valence-electron chi connectivity index (χ0n) is 16.5. The Balaban J connectivity index is 2.14. The lowest BCUT2D eigenvalue weighted by atomic mass is 10.1. The third kappa shape index (κ3) is 4.93. The smallest absolute Gasteiger partial charge is 0.390 e. The van der Waals surface area contributed by atoms with Crippen molar-refractivity contribution in [2.45, 2.75) is 53.8 Å². The van der Waals surface area contributed by atoms with Crippen molar-refractivity contribution in [3.63, 3.8) is 0 Å². The van der Waals surface area contributed by atoms with Gasteiger partial charge in [0.05, 0.1) is 41.1 Å². The van der Waals surface area contributed by atoms with Crippen molar-refractivity contribution in [3.8, 4) is 0 Å². The number of carbonyl (C=O) groups is 2. The van der Waals surface area contributed by atoms with E-state index in [-0.39, 0.29) is 35.8 Å². The minimum Gasteiger partial charge on any atom is -0.458 e. The summed E-state index contributed by atoms with van der Waals surface area (Å²) in [5.41, 5.74) is 0.862. The Morgan fingerprint density at radius 2 is 2.00 bits per heavy atom. The quantitative estimate of drug-likeness (QED) is 0.413. The van der Waals surface area contributed by atoms with E-state index in [4.69, 9.17) is 4.74 Å².